The normalized spacial score (nSPS) is 11.6. The third-order valence-electron chi connectivity index (χ3n) is 7.61. The van der Waals surface area contributed by atoms with E-state index in [2.05, 4.69) is 12.1 Å². The van der Waals surface area contributed by atoms with E-state index in [0.29, 0.717) is 58.7 Å². The van der Waals surface area contributed by atoms with Crippen LogP contribution in [0, 0.1) is 0 Å². The van der Waals surface area contributed by atoms with Crippen molar-refractivity contribution in [1.82, 2.24) is 0 Å². The topological polar surface area (TPSA) is 97.4 Å². The molecule has 0 aliphatic carbocycles. The molecule has 3 rings (SSSR count). The number of ether oxygens (including phenoxy) is 5. The molecule has 0 fully saturated rings. The molecule has 0 bridgehead atoms. The second-order valence-electron chi connectivity index (χ2n) is 11.2. The summed E-state index contributed by atoms with van der Waals surface area (Å²) in [5.41, 5.74) is 5.31. The van der Waals surface area contributed by atoms with Crippen molar-refractivity contribution in [3.63, 3.8) is 0 Å². The monoisotopic (exact) mass is 666 g/mol. The highest BCUT2D eigenvalue weighted by atomic mass is 32.2. The highest BCUT2D eigenvalue weighted by molar-refractivity contribution is 7.84. The number of hydrogen-bond donors (Lipinski definition) is 0. The largest absolute Gasteiger partial charge is 0.494 e. The Bertz CT molecular complexity index is 1420. The van der Waals surface area contributed by atoms with Gasteiger partial charge in [0, 0.05) is 41.9 Å². The lowest BCUT2D eigenvalue weighted by atomic mass is 9.96. The number of methoxy groups -OCH3 is 1. The van der Waals surface area contributed by atoms with Gasteiger partial charge < -0.3 is 23.7 Å². The Morgan fingerprint density at radius 2 is 1.43 bits per heavy atom. The molecule has 3 aromatic rings. The number of benzene rings is 3. The highest BCUT2D eigenvalue weighted by Crippen LogP contribution is 2.29. The summed E-state index contributed by atoms with van der Waals surface area (Å²) >= 11 is 0. The van der Waals surface area contributed by atoms with Gasteiger partial charge in [0.25, 0.3) is 0 Å². The maximum atomic E-state index is 12.1. The highest BCUT2D eigenvalue weighted by Gasteiger charge is 2.13. The van der Waals surface area contributed by atoms with Crippen LogP contribution >= 0.6 is 0 Å². The molecule has 0 aliphatic heterocycles. The minimum Gasteiger partial charge on any atom is -0.494 e. The van der Waals surface area contributed by atoms with Crippen LogP contribution < -0.4 is 9.47 Å². The van der Waals surface area contributed by atoms with Crippen LogP contribution in [0.15, 0.2) is 65.6 Å². The first-order valence-electron chi connectivity index (χ1n) is 16.6. The van der Waals surface area contributed by atoms with Gasteiger partial charge >= 0.3 is 11.9 Å². The fraction of sp³-hybridized carbons (Fsp3) is 0.474. The quantitative estimate of drug-likeness (QED) is 0.0798. The zero-order chi connectivity index (χ0) is 33.9. The second-order valence-corrected chi connectivity index (χ2v) is 12.6. The lowest BCUT2D eigenvalue weighted by molar-refractivity contribution is -0.144. The maximum Gasteiger partial charge on any atom is 0.306 e. The van der Waals surface area contributed by atoms with Crippen molar-refractivity contribution >= 4 is 22.7 Å². The zero-order valence-electron chi connectivity index (χ0n) is 28.3. The Morgan fingerprint density at radius 3 is 2.13 bits per heavy atom. The zero-order valence-corrected chi connectivity index (χ0v) is 29.2. The molecular weight excluding hydrogens is 616 g/mol. The third kappa shape index (κ3) is 13.5. The predicted molar refractivity (Wildman–Crippen MR) is 185 cm³/mol. The van der Waals surface area contributed by atoms with Crippen LogP contribution in [0.3, 0.4) is 0 Å². The van der Waals surface area contributed by atoms with Crippen molar-refractivity contribution in [2.45, 2.75) is 83.1 Å². The summed E-state index contributed by atoms with van der Waals surface area (Å²) in [7, 11) is 0.666. The van der Waals surface area contributed by atoms with Gasteiger partial charge in [0.15, 0.2) is 0 Å². The SMILES string of the molecule is CCOC(=O)CCCOc1cccc(CCCCCCOc2cc(COC)cc(-c3ccc(S(C)=O)cc3)c2)c1CCC(=O)OCC. The fourth-order valence-electron chi connectivity index (χ4n) is 5.32. The van der Waals surface area contributed by atoms with Crippen molar-refractivity contribution in [2.24, 2.45) is 0 Å². The van der Waals surface area contributed by atoms with E-state index in [-0.39, 0.29) is 11.9 Å². The van der Waals surface area contributed by atoms with Gasteiger partial charge in [0.2, 0.25) is 0 Å². The van der Waals surface area contributed by atoms with E-state index in [9.17, 15) is 13.8 Å². The predicted octanol–water partition coefficient (Wildman–Crippen LogP) is 7.64. The molecule has 0 saturated heterocycles. The molecule has 0 aliphatic rings. The van der Waals surface area contributed by atoms with Gasteiger partial charge in [0.05, 0.1) is 33.0 Å². The Hall–Kier alpha value is -3.69. The lowest BCUT2D eigenvalue weighted by Gasteiger charge is -2.16. The van der Waals surface area contributed by atoms with Crippen molar-refractivity contribution in [3.8, 4) is 22.6 Å². The number of carbonyl (C=O) groups is 2. The van der Waals surface area contributed by atoms with E-state index in [0.717, 1.165) is 70.8 Å². The molecule has 1 unspecified atom stereocenters. The van der Waals surface area contributed by atoms with Crippen LogP contribution in [0.1, 0.15) is 75.5 Å². The maximum absolute atomic E-state index is 12.1. The lowest BCUT2D eigenvalue weighted by Crippen LogP contribution is -2.10. The van der Waals surface area contributed by atoms with E-state index in [1.807, 2.05) is 55.5 Å². The Kier molecular flexibility index (Phi) is 17.1. The number of hydrogen-bond acceptors (Lipinski definition) is 8. The average Bonchev–Trinajstić information content (AvgIpc) is 3.06. The smallest absolute Gasteiger partial charge is 0.306 e. The van der Waals surface area contributed by atoms with Crippen LogP contribution in [0.4, 0.5) is 0 Å². The molecule has 0 amide bonds. The molecular formula is C38H50O8S. The van der Waals surface area contributed by atoms with Gasteiger partial charge in [-0.25, -0.2) is 0 Å². The third-order valence-corrected chi connectivity index (χ3v) is 8.54. The van der Waals surface area contributed by atoms with E-state index in [4.69, 9.17) is 23.7 Å². The Labute approximate surface area is 282 Å². The molecule has 256 valence electrons. The molecule has 1 atom stereocenters. The van der Waals surface area contributed by atoms with E-state index >= 15 is 0 Å². The number of carbonyl (C=O) groups excluding carboxylic acids is 2. The Balaban J connectivity index is 1.52. The number of aryl methyl sites for hydroxylation is 1. The Morgan fingerprint density at radius 1 is 0.723 bits per heavy atom. The summed E-state index contributed by atoms with van der Waals surface area (Å²) in [6.07, 6.45) is 8.29. The number of esters is 2. The number of unbranched alkanes of at least 4 members (excludes halogenated alkanes) is 3. The molecule has 47 heavy (non-hydrogen) atoms. The molecule has 9 heteroatoms. The van der Waals surface area contributed by atoms with Gasteiger partial charge in [-0.15, -0.1) is 0 Å². The van der Waals surface area contributed by atoms with E-state index in [1.54, 1.807) is 20.3 Å². The minimum absolute atomic E-state index is 0.220. The molecule has 0 radical (unpaired) electrons. The summed E-state index contributed by atoms with van der Waals surface area (Å²) in [6.45, 7) is 5.84. The van der Waals surface area contributed by atoms with E-state index < -0.39 is 10.8 Å². The van der Waals surface area contributed by atoms with Gasteiger partial charge in [-0.3, -0.25) is 13.8 Å². The van der Waals surface area contributed by atoms with Gasteiger partial charge in [-0.05, 0) is 110 Å². The van der Waals surface area contributed by atoms with Crippen LogP contribution in [0.25, 0.3) is 11.1 Å². The van der Waals surface area contributed by atoms with Crippen LogP contribution in [0.2, 0.25) is 0 Å². The molecule has 0 saturated carbocycles. The standard InChI is InChI=1S/C38H50O8S/c1-5-43-37(39)16-12-24-46-36-15-11-14-31(35(36)21-22-38(40)44-6-2)13-9-7-8-10-23-45-33-26-29(28-42-3)25-32(27-33)30-17-19-34(20-18-30)47(4)41/h11,14-15,17-20,25-27H,5-10,12-13,16,21-24,28H2,1-4H3. The van der Waals surface area contributed by atoms with E-state index in [1.165, 1.54) is 5.56 Å². The summed E-state index contributed by atoms with van der Waals surface area (Å²) in [5, 5.41) is 0. The average molecular weight is 667 g/mol. The fourth-order valence-corrected chi connectivity index (χ4v) is 5.84. The van der Waals surface area contributed by atoms with Crippen molar-refractivity contribution in [3.05, 3.63) is 77.4 Å². The van der Waals surface area contributed by atoms with Gasteiger partial charge in [-0.2, -0.15) is 0 Å². The molecule has 3 aromatic carbocycles. The molecule has 0 spiro atoms. The first-order chi connectivity index (χ1) is 22.8. The summed E-state index contributed by atoms with van der Waals surface area (Å²) in [4.78, 5) is 24.6. The van der Waals surface area contributed by atoms with Gasteiger partial charge in [-0.1, -0.05) is 37.1 Å². The number of rotatable bonds is 22. The van der Waals surface area contributed by atoms with Crippen molar-refractivity contribution < 1.29 is 37.5 Å². The van der Waals surface area contributed by atoms with Crippen molar-refractivity contribution in [2.75, 3.05) is 39.8 Å². The summed E-state index contributed by atoms with van der Waals surface area (Å²) in [6, 6.07) is 20.0. The summed E-state index contributed by atoms with van der Waals surface area (Å²) in [5.74, 6) is 1.13. The first-order valence-corrected chi connectivity index (χ1v) is 18.1. The first kappa shape index (κ1) is 37.8. The molecule has 8 nitrogen and oxygen atoms in total. The minimum atomic E-state index is -1.01. The van der Waals surface area contributed by atoms with Crippen LogP contribution in [-0.4, -0.2) is 55.9 Å². The summed E-state index contributed by atoms with van der Waals surface area (Å²) < 4.78 is 39.6. The second kappa shape index (κ2) is 21.2. The molecule has 0 N–H and O–H groups in total. The van der Waals surface area contributed by atoms with Gasteiger partial charge in [0.1, 0.15) is 11.5 Å². The van der Waals surface area contributed by atoms with Crippen LogP contribution in [-0.2, 0) is 54.0 Å². The van der Waals surface area contributed by atoms with Crippen molar-refractivity contribution in [1.29, 1.82) is 0 Å². The van der Waals surface area contributed by atoms with Crippen LogP contribution in [0.5, 0.6) is 11.5 Å². The molecule has 0 aromatic heterocycles. The molecule has 0 heterocycles.